The molecule has 1 unspecified atom stereocenters. The van der Waals surface area contributed by atoms with Gasteiger partial charge in [-0.2, -0.15) is 0 Å². The minimum Gasteiger partial charge on any atom is -0.389 e. The molecular weight excluding hydrogens is 204 g/mol. The zero-order chi connectivity index (χ0) is 11.8. The summed E-state index contributed by atoms with van der Waals surface area (Å²) in [4.78, 5) is 6.08. The van der Waals surface area contributed by atoms with Gasteiger partial charge in [0.15, 0.2) is 0 Å². The second-order valence-corrected chi connectivity index (χ2v) is 3.98. The quantitative estimate of drug-likeness (QED) is 0.735. The summed E-state index contributed by atoms with van der Waals surface area (Å²) in [6.07, 6.45) is 4.16. The van der Waals surface area contributed by atoms with Crippen molar-refractivity contribution >= 4 is 0 Å². The van der Waals surface area contributed by atoms with E-state index in [2.05, 4.69) is 9.88 Å². The van der Waals surface area contributed by atoms with E-state index in [0.717, 1.165) is 13.0 Å². The standard InChI is InChI=1S/C12H20N2O2/c1-14(9-12(15)10-16-2)8-5-11-3-6-13-7-4-11/h3-4,6-7,12,15H,5,8-10H2,1-2H3. The molecule has 0 fully saturated rings. The molecule has 0 aliphatic carbocycles. The van der Waals surface area contributed by atoms with Crippen molar-refractivity contribution in [1.82, 2.24) is 9.88 Å². The molecule has 1 rings (SSSR count). The third kappa shape index (κ3) is 5.21. The van der Waals surface area contributed by atoms with E-state index in [1.54, 1.807) is 19.5 Å². The van der Waals surface area contributed by atoms with Gasteiger partial charge in [0.25, 0.3) is 0 Å². The fourth-order valence-corrected chi connectivity index (χ4v) is 1.57. The highest BCUT2D eigenvalue weighted by atomic mass is 16.5. The second-order valence-electron chi connectivity index (χ2n) is 3.98. The first-order chi connectivity index (χ1) is 7.72. The lowest BCUT2D eigenvalue weighted by molar-refractivity contribution is 0.0435. The molecule has 4 heteroatoms. The van der Waals surface area contributed by atoms with E-state index in [-0.39, 0.29) is 0 Å². The van der Waals surface area contributed by atoms with Gasteiger partial charge in [0.2, 0.25) is 0 Å². The van der Waals surface area contributed by atoms with Crippen LogP contribution in [0.3, 0.4) is 0 Å². The number of likely N-dealkylation sites (N-methyl/N-ethyl adjacent to an activating group) is 1. The fraction of sp³-hybridized carbons (Fsp3) is 0.583. The smallest absolute Gasteiger partial charge is 0.0899 e. The first-order valence-corrected chi connectivity index (χ1v) is 5.47. The summed E-state index contributed by atoms with van der Waals surface area (Å²) >= 11 is 0. The van der Waals surface area contributed by atoms with E-state index in [0.29, 0.717) is 13.2 Å². The molecule has 0 bridgehead atoms. The maximum Gasteiger partial charge on any atom is 0.0899 e. The molecule has 16 heavy (non-hydrogen) atoms. The van der Waals surface area contributed by atoms with Crippen LogP contribution in [0.15, 0.2) is 24.5 Å². The van der Waals surface area contributed by atoms with Crippen LogP contribution < -0.4 is 0 Å². The van der Waals surface area contributed by atoms with Crippen molar-refractivity contribution in [3.05, 3.63) is 30.1 Å². The van der Waals surface area contributed by atoms with Crippen molar-refractivity contribution in [2.24, 2.45) is 0 Å². The zero-order valence-corrected chi connectivity index (χ0v) is 9.97. The van der Waals surface area contributed by atoms with Crippen molar-refractivity contribution in [3.63, 3.8) is 0 Å². The molecule has 1 aromatic heterocycles. The van der Waals surface area contributed by atoms with Crippen LogP contribution in [0.4, 0.5) is 0 Å². The molecule has 4 nitrogen and oxygen atoms in total. The minimum absolute atomic E-state index is 0.388. The topological polar surface area (TPSA) is 45.6 Å². The maximum atomic E-state index is 9.54. The minimum atomic E-state index is -0.410. The number of aromatic nitrogens is 1. The molecule has 0 saturated carbocycles. The van der Waals surface area contributed by atoms with Crippen molar-refractivity contribution in [2.75, 3.05) is 33.9 Å². The van der Waals surface area contributed by atoms with Crippen LogP contribution in [0.25, 0.3) is 0 Å². The van der Waals surface area contributed by atoms with E-state index >= 15 is 0 Å². The molecule has 0 amide bonds. The van der Waals surface area contributed by atoms with E-state index in [9.17, 15) is 5.11 Å². The third-order valence-electron chi connectivity index (χ3n) is 2.41. The Labute approximate surface area is 96.9 Å². The van der Waals surface area contributed by atoms with Crippen LogP contribution in [-0.4, -0.2) is 54.9 Å². The Hall–Kier alpha value is -0.970. The van der Waals surface area contributed by atoms with Crippen molar-refractivity contribution in [2.45, 2.75) is 12.5 Å². The summed E-state index contributed by atoms with van der Waals surface area (Å²) in [6, 6.07) is 4.03. The van der Waals surface area contributed by atoms with Gasteiger partial charge in [-0.3, -0.25) is 4.98 Å². The van der Waals surface area contributed by atoms with Gasteiger partial charge >= 0.3 is 0 Å². The lowest BCUT2D eigenvalue weighted by Crippen LogP contribution is -2.33. The fourth-order valence-electron chi connectivity index (χ4n) is 1.57. The largest absolute Gasteiger partial charge is 0.389 e. The van der Waals surface area contributed by atoms with Crippen LogP contribution in [0.1, 0.15) is 5.56 Å². The number of aliphatic hydroxyl groups excluding tert-OH is 1. The Morgan fingerprint density at radius 1 is 1.44 bits per heavy atom. The monoisotopic (exact) mass is 224 g/mol. The van der Waals surface area contributed by atoms with Crippen molar-refractivity contribution in [1.29, 1.82) is 0 Å². The normalized spacial score (nSPS) is 13.0. The number of pyridine rings is 1. The molecule has 1 heterocycles. The third-order valence-corrected chi connectivity index (χ3v) is 2.41. The van der Waals surface area contributed by atoms with Crippen LogP contribution in [-0.2, 0) is 11.2 Å². The molecule has 1 atom stereocenters. The number of hydrogen-bond donors (Lipinski definition) is 1. The predicted molar refractivity (Wildman–Crippen MR) is 63.3 cm³/mol. The number of rotatable bonds is 7. The zero-order valence-electron chi connectivity index (χ0n) is 9.97. The number of aliphatic hydroxyl groups is 1. The van der Waals surface area contributed by atoms with Gasteiger partial charge in [0, 0.05) is 32.6 Å². The first-order valence-electron chi connectivity index (χ1n) is 5.47. The van der Waals surface area contributed by atoms with E-state index in [1.165, 1.54) is 5.56 Å². The van der Waals surface area contributed by atoms with Crippen molar-refractivity contribution < 1.29 is 9.84 Å². The Kier molecular flexibility index (Phi) is 6.00. The molecular formula is C12H20N2O2. The van der Waals surface area contributed by atoms with Gasteiger partial charge in [-0.15, -0.1) is 0 Å². The highest BCUT2D eigenvalue weighted by Gasteiger charge is 2.07. The first kappa shape index (κ1) is 13.1. The Morgan fingerprint density at radius 3 is 2.75 bits per heavy atom. The molecule has 1 N–H and O–H groups in total. The molecule has 0 spiro atoms. The molecule has 0 radical (unpaired) electrons. The lowest BCUT2D eigenvalue weighted by atomic mass is 10.2. The maximum absolute atomic E-state index is 9.54. The van der Waals surface area contributed by atoms with Crippen LogP contribution in [0.5, 0.6) is 0 Å². The summed E-state index contributed by atoms with van der Waals surface area (Å²) in [5.41, 5.74) is 1.27. The number of ether oxygens (including phenoxy) is 1. The van der Waals surface area contributed by atoms with E-state index in [1.807, 2.05) is 19.2 Å². The Morgan fingerprint density at radius 2 is 2.12 bits per heavy atom. The molecule has 0 aromatic carbocycles. The molecule has 0 saturated heterocycles. The Bertz CT molecular complexity index is 280. The molecule has 0 aliphatic heterocycles. The summed E-state index contributed by atoms with van der Waals surface area (Å²) in [5.74, 6) is 0. The highest BCUT2D eigenvalue weighted by Crippen LogP contribution is 1.99. The summed E-state index contributed by atoms with van der Waals surface area (Å²) in [5, 5.41) is 9.54. The lowest BCUT2D eigenvalue weighted by Gasteiger charge is -2.19. The SMILES string of the molecule is COCC(O)CN(C)CCc1ccncc1. The van der Waals surface area contributed by atoms with Gasteiger partial charge in [-0.05, 0) is 31.2 Å². The summed E-state index contributed by atoms with van der Waals surface area (Å²) in [7, 11) is 3.60. The number of hydrogen-bond acceptors (Lipinski definition) is 4. The van der Waals surface area contributed by atoms with Gasteiger partial charge in [0.05, 0.1) is 12.7 Å². The average molecular weight is 224 g/mol. The summed E-state index contributed by atoms with van der Waals surface area (Å²) < 4.78 is 4.88. The van der Waals surface area contributed by atoms with Gasteiger partial charge in [-0.1, -0.05) is 0 Å². The number of methoxy groups -OCH3 is 1. The predicted octanol–water partition coefficient (Wildman–Crippen LogP) is 0.563. The van der Waals surface area contributed by atoms with Gasteiger partial charge in [0.1, 0.15) is 0 Å². The van der Waals surface area contributed by atoms with Crippen LogP contribution in [0, 0.1) is 0 Å². The highest BCUT2D eigenvalue weighted by molar-refractivity contribution is 5.09. The van der Waals surface area contributed by atoms with Gasteiger partial charge < -0.3 is 14.7 Å². The van der Waals surface area contributed by atoms with Crippen molar-refractivity contribution in [3.8, 4) is 0 Å². The van der Waals surface area contributed by atoms with E-state index < -0.39 is 6.10 Å². The number of nitrogens with zero attached hydrogens (tertiary/aromatic N) is 2. The Balaban J connectivity index is 2.22. The van der Waals surface area contributed by atoms with Crippen LogP contribution >= 0.6 is 0 Å². The van der Waals surface area contributed by atoms with E-state index in [4.69, 9.17) is 4.74 Å². The molecule has 90 valence electrons. The average Bonchev–Trinajstić information content (AvgIpc) is 2.28. The second kappa shape index (κ2) is 7.33. The van der Waals surface area contributed by atoms with Crippen LogP contribution in [0.2, 0.25) is 0 Å². The molecule has 1 aromatic rings. The van der Waals surface area contributed by atoms with Gasteiger partial charge in [-0.25, -0.2) is 0 Å². The summed E-state index contributed by atoms with van der Waals surface area (Å²) in [6.45, 7) is 1.95. The molecule has 0 aliphatic rings.